The van der Waals surface area contributed by atoms with E-state index in [4.69, 9.17) is 16.2 Å². The van der Waals surface area contributed by atoms with Crippen molar-refractivity contribution in [3.8, 4) is 5.75 Å². The summed E-state index contributed by atoms with van der Waals surface area (Å²) in [6.07, 6.45) is 4.57. The molecule has 1 fully saturated rings. The first kappa shape index (κ1) is 29.0. The highest BCUT2D eigenvalue weighted by atomic mass is 32.2. The van der Waals surface area contributed by atoms with Crippen LogP contribution in [-0.2, 0) is 15.6 Å². The number of nitrogens with two attached hydrogens (primary N) is 2. The van der Waals surface area contributed by atoms with E-state index in [1.54, 1.807) is 26.3 Å². The van der Waals surface area contributed by atoms with Gasteiger partial charge in [-0.3, -0.25) is 14.7 Å². The average Bonchev–Trinajstić information content (AvgIpc) is 3.38. The number of nitrogens with one attached hydrogen (secondary N) is 1. The fourth-order valence-corrected chi connectivity index (χ4v) is 7.48. The molecule has 0 bridgehead atoms. The number of likely N-dealkylation sites (tertiary alicyclic amines) is 1. The number of amides is 1. The molecule has 1 spiro atoms. The summed E-state index contributed by atoms with van der Waals surface area (Å²) in [6.45, 7) is 2.33. The van der Waals surface area contributed by atoms with Crippen LogP contribution in [0.15, 0.2) is 58.3 Å². The molecule has 4 rings (SSSR count). The van der Waals surface area contributed by atoms with Crippen molar-refractivity contribution in [1.29, 1.82) is 0 Å². The molecule has 12 nitrogen and oxygen atoms in total. The number of carbonyl (C=O) groups excluding carboxylic acids is 1. The van der Waals surface area contributed by atoms with E-state index in [0.717, 1.165) is 4.31 Å². The van der Waals surface area contributed by atoms with Crippen LogP contribution >= 0.6 is 0 Å². The molecule has 2 aliphatic heterocycles. The van der Waals surface area contributed by atoms with Crippen LogP contribution in [-0.4, -0.2) is 86.3 Å². The van der Waals surface area contributed by atoms with Gasteiger partial charge in [0.05, 0.1) is 13.3 Å². The monoisotopic (exact) mass is 572 g/mol. The molecule has 14 heteroatoms. The van der Waals surface area contributed by atoms with Gasteiger partial charge in [0.25, 0.3) is 5.91 Å². The van der Waals surface area contributed by atoms with E-state index in [1.807, 2.05) is 4.90 Å². The van der Waals surface area contributed by atoms with Crippen molar-refractivity contribution >= 4 is 33.8 Å². The lowest BCUT2D eigenvalue weighted by atomic mass is 9.78. The third-order valence-electron chi connectivity index (χ3n) is 7.58. The highest BCUT2D eigenvalue weighted by molar-refractivity contribution is 7.91. The Kier molecular flexibility index (Phi) is 7.85. The van der Waals surface area contributed by atoms with Crippen LogP contribution in [0, 0.1) is 5.82 Å². The second-order valence-corrected chi connectivity index (χ2v) is 12.1. The highest BCUT2D eigenvalue weighted by Gasteiger charge is 2.66. The summed E-state index contributed by atoms with van der Waals surface area (Å²) in [6, 6.07) is 7.03. The number of rotatable bonds is 7. The lowest BCUT2D eigenvalue weighted by Crippen LogP contribution is -2.66. The lowest BCUT2D eigenvalue weighted by Gasteiger charge is -2.48. The minimum absolute atomic E-state index is 0.0147. The van der Waals surface area contributed by atoms with Crippen LogP contribution in [0.2, 0.25) is 0 Å². The van der Waals surface area contributed by atoms with Gasteiger partial charge < -0.3 is 21.5 Å². The number of hydrogen-bond acceptors (Lipinski definition) is 10. The Morgan fingerprint density at radius 2 is 2.08 bits per heavy atom. The van der Waals surface area contributed by atoms with Crippen LogP contribution in [0.4, 0.5) is 10.1 Å². The third-order valence-corrected chi connectivity index (χ3v) is 10.2. The highest BCUT2D eigenvalue weighted by Crippen LogP contribution is 2.51. The second kappa shape index (κ2) is 10.8. The number of benzene rings is 1. The minimum atomic E-state index is -4.12. The molecular weight excluding hydrogens is 539 g/mol. The maximum atomic E-state index is 15.6. The van der Waals surface area contributed by atoms with E-state index in [-0.39, 0.29) is 35.9 Å². The number of pyridine rings is 1. The summed E-state index contributed by atoms with van der Waals surface area (Å²) in [5.41, 5.74) is 11.2. The van der Waals surface area contributed by atoms with Crippen molar-refractivity contribution in [3.05, 3.63) is 65.4 Å². The summed E-state index contributed by atoms with van der Waals surface area (Å²) in [5, 5.41) is 2.70. The Morgan fingerprint density at radius 3 is 2.70 bits per heavy atom. The van der Waals surface area contributed by atoms with Gasteiger partial charge in [-0.15, -0.1) is 0 Å². The van der Waals surface area contributed by atoms with Crippen molar-refractivity contribution in [3.63, 3.8) is 0 Å². The van der Waals surface area contributed by atoms with Gasteiger partial charge in [0, 0.05) is 51.2 Å². The SMILES string of the molecule is CN=CC(=CN)CN1CC[C@@]2(C1)[C@@](C)(c1cc(NC(=O)c3ccc(OC)cn3)ccc1F)N=C(N)N(C)S2(=O)=O. The van der Waals surface area contributed by atoms with Crippen LogP contribution in [0.1, 0.15) is 29.4 Å². The summed E-state index contributed by atoms with van der Waals surface area (Å²) < 4.78 is 48.1. The maximum absolute atomic E-state index is 15.6. The van der Waals surface area contributed by atoms with E-state index >= 15 is 4.39 Å². The first-order valence-electron chi connectivity index (χ1n) is 12.4. The van der Waals surface area contributed by atoms with Gasteiger partial charge in [-0.25, -0.2) is 27.1 Å². The molecule has 214 valence electrons. The molecule has 1 amide bonds. The zero-order valence-corrected chi connectivity index (χ0v) is 23.6. The maximum Gasteiger partial charge on any atom is 0.274 e. The molecule has 1 saturated heterocycles. The van der Waals surface area contributed by atoms with Gasteiger partial charge in [0.15, 0.2) is 0 Å². The molecule has 0 unspecified atom stereocenters. The number of hydrogen-bond donors (Lipinski definition) is 3. The largest absolute Gasteiger partial charge is 0.495 e. The van der Waals surface area contributed by atoms with Crippen LogP contribution in [0.25, 0.3) is 0 Å². The van der Waals surface area contributed by atoms with Crippen LogP contribution < -0.4 is 21.5 Å². The van der Waals surface area contributed by atoms with Crippen molar-refractivity contribution in [2.24, 2.45) is 21.5 Å². The van der Waals surface area contributed by atoms with E-state index in [0.29, 0.717) is 24.4 Å². The molecule has 1 aromatic heterocycles. The normalized spacial score (nSPS) is 24.9. The number of guanidine groups is 1. The Bertz CT molecular complexity index is 1490. The molecule has 0 radical (unpaired) electrons. The number of aromatic nitrogens is 1. The zero-order valence-electron chi connectivity index (χ0n) is 22.8. The Morgan fingerprint density at radius 1 is 1.32 bits per heavy atom. The van der Waals surface area contributed by atoms with Gasteiger partial charge >= 0.3 is 0 Å². The Hall–Kier alpha value is -4.04. The smallest absolute Gasteiger partial charge is 0.274 e. The molecule has 5 N–H and O–H groups in total. The fraction of sp³-hybridized carbons (Fsp3) is 0.385. The van der Waals surface area contributed by atoms with E-state index in [2.05, 4.69) is 20.3 Å². The van der Waals surface area contributed by atoms with Gasteiger partial charge in [0.1, 0.15) is 27.5 Å². The molecule has 0 saturated carbocycles. The molecule has 1 aromatic carbocycles. The number of halogens is 1. The number of sulfonamides is 1. The Balaban J connectivity index is 1.76. The van der Waals surface area contributed by atoms with Crippen LogP contribution in [0.5, 0.6) is 5.75 Å². The number of anilines is 1. The molecule has 40 heavy (non-hydrogen) atoms. The summed E-state index contributed by atoms with van der Waals surface area (Å²) >= 11 is 0. The van der Waals surface area contributed by atoms with Crippen molar-refractivity contribution in [2.75, 3.05) is 46.2 Å². The van der Waals surface area contributed by atoms with Gasteiger partial charge in [0.2, 0.25) is 16.0 Å². The quantitative estimate of drug-likeness (QED) is 0.417. The summed E-state index contributed by atoms with van der Waals surface area (Å²) in [5.74, 6) is -0.995. The van der Waals surface area contributed by atoms with E-state index < -0.39 is 32.0 Å². The van der Waals surface area contributed by atoms with Crippen molar-refractivity contribution in [1.82, 2.24) is 14.2 Å². The molecular formula is C26H33FN8O4S. The molecule has 0 aliphatic carbocycles. The second-order valence-electron chi connectivity index (χ2n) is 9.83. The standard InChI is InChI=1S/C26H33FN8O4S/c1-25(20-11-18(5-7-21(20)27)32-23(36)22-8-6-19(39-4)14-31-22)26(40(37,38)34(3)24(29)33-25)9-10-35(16-26)15-17(12-28)13-30-2/h5-8,11-14H,9-10,15-16,28H2,1-4H3,(H2,29,33)(H,32,36)/t25-,26-/m1/s1. The van der Waals surface area contributed by atoms with Crippen molar-refractivity contribution in [2.45, 2.75) is 23.6 Å². The number of nitrogens with zero attached hydrogens (tertiary/aromatic N) is 5. The van der Waals surface area contributed by atoms with Crippen LogP contribution in [0.3, 0.4) is 0 Å². The third kappa shape index (κ3) is 4.77. The van der Waals surface area contributed by atoms with Gasteiger partial charge in [-0.2, -0.15) is 0 Å². The van der Waals surface area contributed by atoms with Gasteiger partial charge in [-0.1, -0.05) is 0 Å². The number of carbonyl (C=O) groups is 1. The van der Waals surface area contributed by atoms with Gasteiger partial charge in [-0.05, 0) is 55.4 Å². The fourth-order valence-electron chi connectivity index (χ4n) is 5.31. The Labute approximate surface area is 232 Å². The zero-order chi connectivity index (χ0) is 29.3. The average molecular weight is 573 g/mol. The minimum Gasteiger partial charge on any atom is -0.495 e. The predicted octanol–water partition coefficient (Wildman–Crippen LogP) is 1.27. The topological polar surface area (TPSA) is 169 Å². The summed E-state index contributed by atoms with van der Waals surface area (Å²) in [7, 11) is 0.314. The lowest BCUT2D eigenvalue weighted by molar-refractivity contribution is 0.102. The summed E-state index contributed by atoms with van der Waals surface area (Å²) in [4.78, 5) is 27.4. The molecule has 3 heterocycles. The first-order chi connectivity index (χ1) is 18.9. The first-order valence-corrected chi connectivity index (χ1v) is 13.9. The molecule has 2 aliphatic rings. The molecule has 2 aromatic rings. The number of aliphatic imine (C=N–C) groups is 2. The predicted molar refractivity (Wildman–Crippen MR) is 151 cm³/mol. The molecule has 2 atom stereocenters. The van der Waals surface area contributed by atoms with E-state index in [9.17, 15) is 13.2 Å². The number of methoxy groups -OCH3 is 1. The van der Waals surface area contributed by atoms with Crippen molar-refractivity contribution < 1.29 is 22.3 Å². The van der Waals surface area contributed by atoms with E-state index in [1.165, 1.54) is 50.8 Å². The number of ether oxygens (including phenoxy) is 1.